The van der Waals surface area contributed by atoms with E-state index in [0.717, 1.165) is 6.08 Å². The number of nitrogens with zero attached hydrogens (tertiary/aromatic N) is 4. The second-order valence-corrected chi connectivity index (χ2v) is 6.66. The molecule has 0 radical (unpaired) electrons. The zero-order valence-electron chi connectivity index (χ0n) is 12.4. The molecule has 1 amide bonds. The standard InChI is InChI=1S/C13H12ClF3N4O2S/c1-23-6-9-19-21-8(11(14)18-12(21)24-9)5-20-4-7(2-10(20)22)3-13(15,16)17/h2H,3-6H2,1H3. The number of hydrogen-bond acceptors (Lipinski definition) is 5. The molecule has 0 saturated heterocycles. The van der Waals surface area contributed by atoms with Crippen LogP contribution in [0.3, 0.4) is 0 Å². The van der Waals surface area contributed by atoms with Crippen LogP contribution in [0.4, 0.5) is 13.2 Å². The number of fused-ring (bicyclic) bond motifs is 1. The Bertz CT molecular complexity index is 814. The number of ether oxygens (including phenoxy) is 1. The maximum Gasteiger partial charge on any atom is 0.392 e. The number of imidazole rings is 1. The number of halogens is 4. The minimum Gasteiger partial charge on any atom is -0.377 e. The van der Waals surface area contributed by atoms with Gasteiger partial charge in [0.2, 0.25) is 10.9 Å². The van der Waals surface area contributed by atoms with Crippen LogP contribution in [0.25, 0.3) is 4.96 Å². The van der Waals surface area contributed by atoms with Crippen LogP contribution in [0.15, 0.2) is 11.6 Å². The number of amides is 1. The molecule has 11 heteroatoms. The Labute approximate surface area is 143 Å². The summed E-state index contributed by atoms with van der Waals surface area (Å²) in [5.41, 5.74) is 0.489. The number of carbonyl (C=O) groups excluding carboxylic acids is 1. The van der Waals surface area contributed by atoms with Gasteiger partial charge in [0.25, 0.3) is 0 Å². The molecular formula is C13H12ClF3N4O2S. The summed E-state index contributed by atoms with van der Waals surface area (Å²) in [6, 6.07) is 0. The van der Waals surface area contributed by atoms with E-state index >= 15 is 0 Å². The fraction of sp³-hybridized carbons (Fsp3) is 0.462. The van der Waals surface area contributed by atoms with Gasteiger partial charge in [0, 0.05) is 19.7 Å². The van der Waals surface area contributed by atoms with E-state index in [1.165, 1.54) is 27.9 Å². The van der Waals surface area contributed by atoms with Gasteiger partial charge >= 0.3 is 6.18 Å². The van der Waals surface area contributed by atoms with E-state index in [-0.39, 0.29) is 23.8 Å². The number of carbonyl (C=O) groups is 1. The highest BCUT2D eigenvalue weighted by Gasteiger charge is 2.33. The van der Waals surface area contributed by atoms with Gasteiger partial charge in [-0.25, -0.2) is 9.50 Å². The number of rotatable bonds is 5. The molecule has 1 aliphatic heterocycles. The number of alkyl halides is 3. The number of aromatic nitrogens is 3. The minimum absolute atomic E-state index is 0.0303. The second kappa shape index (κ2) is 6.34. The smallest absolute Gasteiger partial charge is 0.377 e. The first-order valence-corrected chi connectivity index (χ1v) is 8.03. The van der Waals surface area contributed by atoms with Gasteiger partial charge in [-0.1, -0.05) is 22.9 Å². The maximum atomic E-state index is 12.5. The molecule has 0 N–H and O–H groups in total. The summed E-state index contributed by atoms with van der Waals surface area (Å²) in [5, 5.41) is 5.15. The van der Waals surface area contributed by atoms with Crippen molar-refractivity contribution in [1.29, 1.82) is 0 Å². The van der Waals surface area contributed by atoms with E-state index in [2.05, 4.69) is 10.1 Å². The van der Waals surface area contributed by atoms with Crippen molar-refractivity contribution in [2.24, 2.45) is 0 Å². The number of hydrogen-bond donors (Lipinski definition) is 0. The highest BCUT2D eigenvalue weighted by atomic mass is 35.5. The molecule has 2 aromatic heterocycles. The van der Waals surface area contributed by atoms with Crippen LogP contribution in [0, 0.1) is 0 Å². The van der Waals surface area contributed by atoms with Gasteiger partial charge in [-0.15, -0.1) is 0 Å². The lowest BCUT2D eigenvalue weighted by molar-refractivity contribution is -0.128. The molecule has 3 rings (SSSR count). The first-order valence-electron chi connectivity index (χ1n) is 6.83. The molecule has 6 nitrogen and oxygen atoms in total. The number of methoxy groups -OCH3 is 1. The maximum absolute atomic E-state index is 12.5. The third kappa shape index (κ3) is 3.55. The summed E-state index contributed by atoms with van der Waals surface area (Å²) >= 11 is 7.37. The lowest BCUT2D eigenvalue weighted by Gasteiger charge is -2.16. The summed E-state index contributed by atoms with van der Waals surface area (Å²) in [6.07, 6.45) is -4.41. The van der Waals surface area contributed by atoms with Crippen molar-refractivity contribution in [1.82, 2.24) is 19.5 Å². The van der Waals surface area contributed by atoms with Gasteiger partial charge in [-0.2, -0.15) is 18.3 Å². The Morgan fingerprint density at radius 2 is 2.21 bits per heavy atom. The van der Waals surface area contributed by atoms with Gasteiger partial charge in [0.1, 0.15) is 10.7 Å². The summed E-state index contributed by atoms with van der Waals surface area (Å²) in [5.74, 6) is -0.479. The topological polar surface area (TPSA) is 59.7 Å². The molecule has 0 aliphatic carbocycles. The van der Waals surface area contributed by atoms with Crippen LogP contribution in [-0.4, -0.2) is 45.2 Å². The molecule has 1 aliphatic rings. The summed E-state index contributed by atoms with van der Waals surface area (Å²) in [7, 11) is 1.54. The minimum atomic E-state index is -4.34. The van der Waals surface area contributed by atoms with Crippen molar-refractivity contribution < 1.29 is 22.7 Å². The van der Waals surface area contributed by atoms with Crippen molar-refractivity contribution in [2.45, 2.75) is 25.7 Å². The summed E-state index contributed by atoms with van der Waals surface area (Å²) < 4.78 is 43.9. The largest absolute Gasteiger partial charge is 0.392 e. The van der Waals surface area contributed by atoms with Crippen molar-refractivity contribution in [3.8, 4) is 0 Å². The Balaban J connectivity index is 1.78. The second-order valence-electron chi connectivity index (χ2n) is 5.26. The van der Waals surface area contributed by atoms with Crippen LogP contribution >= 0.6 is 22.9 Å². The Kier molecular flexibility index (Phi) is 4.54. The van der Waals surface area contributed by atoms with E-state index in [1.807, 2.05) is 0 Å². The van der Waals surface area contributed by atoms with Crippen molar-refractivity contribution >= 4 is 33.8 Å². The summed E-state index contributed by atoms with van der Waals surface area (Å²) in [4.78, 5) is 17.9. The first-order chi connectivity index (χ1) is 11.3. The monoisotopic (exact) mass is 380 g/mol. The van der Waals surface area contributed by atoms with Gasteiger partial charge in [-0.3, -0.25) is 4.79 Å². The quantitative estimate of drug-likeness (QED) is 0.800. The van der Waals surface area contributed by atoms with Gasteiger partial charge < -0.3 is 9.64 Å². The molecule has 0 fully saturated rings. The highest BCUT2D eigenvalue weighted by molar-refractivity contribution is 7.16. The predicted octanol–water partition coefficient (Wildman–Crippen LogP) is 2.81. The zero-order chi connectivity index (χ0) is 17.5. The molecule has 0 bridgehead atoms. The normalized spacial score (nSPS) is 15.6. The Hall–Kier alpha value is -1.65. The third-order valence-electron chi connectivity index (χ3n) is 3.36. The average Bonchev–Trinajstić information content (AvgIpc) is 3.05. The lowest BCUT2D eigenvalue weighted by Crippen LogP contribution is -2.26. The molecule has 24 heavy (non-hydrogen) atoms. The first kappa shape index (κ1) is 17.2. The SMILES string of the molecule is COCc1nn2c(CN3CC(CC(F)(F)F)=CC3=O)c(Cl)nc2s1. The van der Waals surface area contributed by atoms with Crippen molar-refractivity contribution in [3.05, 3.63) is 27.5 Å². The molecule has 3 heterocycles. The predicted molar refractivity (Wildman–Crippen MR) is 80.8 cm³/mol. The van der Waals surface area contributed by atoms with Crippen molar-refractivity contribution in [3.63, 3.8) is 0 Å². The van der Waals surface area contributed by atoms with Crippen LogP contribution in [0.5, 0.6) is 0 Å². The van der Waals surface area contributed by atoms with E-state index in [0.29, 0.717) is 22.3 Å². The molecule has 0 spiro atoms. The average molecular weight is 381 g/mol. The highest BCUT2D eigenvalue weighted by Crippen LogP contribution is 2.29. The molecule has 0 atom stereocenters. The molecular weight excluding hydrogens is 369 g/mol. The van der Waals surface area contributed by atoms with Gasteiger partial charge in [0.15, 0.2) is 5.15 Å². The third-order valence-corrected chi connectivity index (χ3v) is 4.54. The van der Waals surface area contributed by atoms with Crippen LogP contribution < -0.4 is 0 Å². The molecule has 130 valence electrons. The zero-order valence-corrected chi connectivity index (χ0v) is 14.0. The molecule has 0 unspecified atom stereocenters. The van der Waals surface area contributed by atoms with E-state index in [4.69, 9.17) is 16.3 Å². The lowest BCUT2D eigenvalue weighted by atomic mass is 10.2. The molecule has 2 aromatic rings. The molecule has 0 saturated carbocycles. The van der Waals surface area contributed by atoms with Crippen LogP contribution in [-0.2, 0) is 22.7 Å². The molecule has 0 aromatic carbocycles. The van der Waals surface area contributed by atoms with Crippen LogP contribution in [0.1, 0.15) is 17.1 Å². The van der Waals surface area contributed by atoms with Crippen molar-refractivity contribution in [2.75, 3.05) is 13.7 Å². The Morgan fingerprint density at radius 3 is 2.88 bits per heavy atom. The van der Waals surface area contributed by atoms with E-state index in [1.54, 1.807) is 0 Å². The fourth-order valence-electron chi connectivity index (χ4n) is 2.43. The van der Waals surface area contributed by atoms with Gasteiger partial charge in [0.05, 0.1) is 19.6 Å². The fourth-order valence-corrected chi connectivity index (χ4v) is 3.59. The summed E-state index contributed by atoms with van der Waals surface area (Å²) in [6.45, 7) is 0.259. The van der Waals surface area contributed by atoms with E-state index < -0.39 is 18.5 Å². The van der Waals surface area contributed by atoms with Crippen LogP contribution in [0.2, 0.25) is 5.15 Å². The van der Waals surface area contributed by atoms with Gasteiger partial charge in [-0.05, 0) is 5.57 Å². The van der Waals surface area contributed by atoms with E-state index in [9.17, 15) is 18.0 Å². The Morgan fingerprint density at radius 1 is 1.46 bits per heavy atom.